The molecule has 0 aliphatic carbocycles. The lowest BCUT2D eigenvalue weighted by Crippen LogP contribution is -2.20. The molecule has 0 unspecified atom stereocenters. The van der Waals surface area contributed by atoms with Gasteiger partial charge in [0.2, 0.25) is 0 Å². The third kappa shape index (κ3) is 6.21. The van der Waals surface area contributed by atoms with Gasteiger partial charge in [-0.1, -0.05) is 60.7 Å². The third-order valence-electron chi connectivity index (χ3n) is 4.83. The predicted octanol–water partition coefficient (Wildman–Crippen LogP) is 7.12. The quantitative estimate of drug-likeness (QED) is 0.203. The van der Waals surface area contributed by atoms with Gasteiger partial charge < -0.3 is 20.1 Å². The topological polar surface area (TPSA) is 59.6 Å². The minimum Gasteiger partial charge on any atom is -0.462 e. The zero-order chi connectivity index (χ0) is 23.8. The molecule has 0 saturated carbocycles. The molecule has 34 heavy (non-hydrogen) atoms. The Bertz CT molecular complexity index is 1260. The highest BCUT2D eigenvalue weighted by atomic mass is 32.1. The van der Waals surface area contributed by atoms with Crippen LogP contribution in [0.3, 0.4) is 0 Å². The van der Waals surface area contributed by atoms with E-state index in [1.54, 1.807) is 6.92 Å². The number of anilines is 2. The first-order valence-corrected chi connectivity index (χ1v) is 12.1. The molecule has 0 saturated heterocycles. The minimum absolute atomic E-state index is 0.301. The van der Waals surface area contributed by atoms with Gasteiger partial charge in [-0.15, -0.1) is 11.3 Å². The molecule has 5 nitrogen and oxygen atoms in total. The van der Waals surface area contributed by atoms with Crippen LogP contribution >= 0.6 is 23.6 Å². The molecule has 0 spiro atoms. The maximum Gasteiger partial charge on any atom is 0.341 e. The van der Waals surface area contributed by atoms with Crippen molar-refractivity contribution in [3.8, 4) is 11.5 Å². The molecule has 0 radical (unpaired) electrons. The van der Waals surface area contributed by atoms with E-state index in [4.69, 9.17) is 21.7 Å². The first-order chi connectivity index (χ1) is 16.6. The summed E-state index contributed by atoms with van der Waals surface area (Å²) in [5.74, 6) is 0.986. The number of nitrogens with one attached hydrogen (secondary N) is 2. The molecule has 1 aromatic heterocycles. The van der Waals surface area contributed by atoms with Gasteiger partial charge in [0.1, 0.15) is 10.8 Å². The van der Waals surface area contributed by atoms with E-state index < -0.39 is 0 Å². The summed E-state index contributed by atoms with van der Waals surface area (Å²) in [5, 5.41) is 7.36. The second-order valence-electron chi connectivity index (χ2n) is 7.33. The molecule has 0 atom stereocenters. The zero-order valence-electron chi connectivity index (χ0n) is 18.6. The Labute approximate surface area is 208 Å². The van der Waals surface area contributed by atoms with E-state index in [-0.39, 0.29) is 5.97 Å². The molecule has 0 bridgehead atoms. The van der Waals surface area contributed by atoms with Gasteiger partial charge >= 0.3 is 5.97 Å². The van der Waals surface area contributed by atoms with Gasteiger partial charge in [-0.2, -0.15) is 0 Å². The van der Waals surface area contributed by atoms with Crippen LogP contribution in [0.5, 0.6) is 11.5 Å². The summed E-state index contributed by atoms with van der Waals surface area (Å²) in [6.45, 7) is 2.09. The number of thiophene rings is 1. The number of carbonyl (C=O) groups is 1. The number of ether oxygens (including phenoxy) is 2. The summed E-state index contributed by atoms with van der Waals surface area (Å²) >= 11 is 7.05. The highest BCUT2D eigenvalue weighted by Crippen LogP contribution is 2.32. The van der Waals surface area contributed by atoms with Gasteiger partial charge in [0.25, 0.3) is 0 Å². The van der Waals surface area contributed by atoms with E-state index in [0.29, 0.717) is 40.1 Å². The maximum atomic E-state index is 12.6. The fourth-order valence-electron chi connectivity index (χ4n) is 3.31. The van der Waals surface area contributed by atoms with E-state index in [1.807, 2.05) is 78.9 Å². The SMILES string of the molecule is CCOC(=O)c1cc(Cc2ccccc2)sc1NC(=S)Nc1ccccc1Oc1ccccc1. The summed E-state index contributed by atoms with van der Waals surface area (Å²) in [6, 6.07) is 29.1. The lowest BCUT2D eigenvalue weighted by Gasteiger charge is -2.14. The van der Waals surface area contributed by atoms with Crippen molar-refractivity contribution in [2.24, 2.45) is 0 Å². The second kappa shape index (κ2) is 11.4. The van der Waals surface area contributed by atoms with Gasteiger partial charge in [0.05, 0.1) is 17.9 Å². The Morgan fingerprint density at radius 3 is 2.32 bits per heavy atom. The van der Waals surface area contributed by atoms with Gasteiger partial charge in [-0.05, 0) is 55.0 Å². The standard InChI is InChI=1S/C27H24N2O3S2/c1-2-31-26(30)22-18-21(17-19-11-5-3-6-12-19)34-25(22)29-27(33)28-23-15-9-10-16-24(23)32-20-13-7-4-8-14-20/h3-16,18H,2,17H2,1H3,(H2,28,29,33). The van der Waals surface area contributed by atoms with Crippen molar-refractivity contribution in [3.05, 3.63) is 107 Å². The Hall–Kier alpha value is -3.68. The fraction of sp³-hybridized carbons (Fsp3) is 0.111. The predicted molar refractivity (Wildman–Crippen MR) is 142 cm³/mol. The average Bonchev–Trinajstić information content (AvgIpc) is 3.23. The summed E-state index contributed by atoms with van der Waals surface area (Å²) in [5.41, 5.74) is 2.34. The smallest absolute Gasteiger partial charge is 0.341 e. The highest BCUT2D eigenvalue weighted by molar-refractivity contribution is 7.80. The molecule has 3 aromatic carbocycles. The van der Waals surface area contributed by atoms with Gasteiger partial charge in [0.15, 0.2) is 10.9 Å². The lowest BCUT2D eigenvalue weighted by atomic mass is 10.1. The van der Waals surface area contributed by atoms with Crippen molar-refractivity contribution in [1.82, 2.24) is 0 Å². The summed E-state index contributed by atoms with van der Waals surface area (Å²) in [7, 11) is 0. The van der Waals surface area contributed by atoms with Crippen LogP contribution in [0.15, 0.2) is 91.0 Å². The van der Waals surface area contributed by atoms with Crippen LogP contribution in [0, 0.1) is 0 Å². The van der Waals surface area contributed by atoms with Gasteiger partial charge in [-0.3, -0.25) is 0 Å². The molecular formula is C27H24N2O3S2. The number of hydrogen-bond donors (Lipinski definition) is 2. The van der Waals surface area contributed by atoms with E-state index in [2.05, 4.69) is 22.8 Å². The van der Waals surface area contributed by atoms with Crippen molar-refractivity contribution in [3.63, 3.8) is 0 Å². The first kappa shape index (κ1) is 23.5. The van der Waals surface area contributed by atoms with Crippen LogP contribution in [-0.4, -0.2) is 17.7 Å². The van der Waals surface area contributed by atoms with Gasteiger partial charge in [0, 0.05) is 11.3 Å². The Morgan fingerprint density at radius 1 is 0.912 bits per heavy atom. The van der Waals surface area contributed by atoms with Crippen molar-refractivity contribution in [2.45, 2.75) is 13.3 Å². The largest absolute Gasteiger partial charge is 0.462 e. The number of thiocarbonyl (C=S) groups is 1. The van der Waals surface area contributed by atoms with Crippen LogP contribution in [0.1, 0.15) is 27.7 Å². The first-order valence-electron chi connectivity index (χ1n) is 10.9. The Balaban J connectivity index is 1.52. The Kier molecular flexibility index (Phi) is 7.91. The molecule has 7 heteroatoms. The van der Waals surface area contributed by atoms with Gasteiger partial charge in [-0.25, -0.2) is 4.79 Å². The zero-order valence-corrected chi connectivity index (χ0v) is 20.2. The number of para-hydroxylation sites is 3. The summed E-state index contributed by atoms with van der Waals surface area (Å²) in [4.78, 5) is 13.6. The Morgan fingerprint density at radius 2 is 1.59 bits per heavy atom. The molecule has 172 valence electrons. The molecule has 0 aliphatic heterocycles. The molecule has 0 aliphatic rings. The van der Waals surface area contributed by atoms with Crippen LogP contribution < -0.4 is 15.4 Å². The van der Waals surface area contributed by atoms with Crippen molar-refractivity contribution < 1.29 is 14.3 Å². The van der Waals surface area contributed by atoms with E-state index in [9.17, 15) is 4.79 Å². The number of hydrogen-bond acceptors (Lipinski definition) is 5. The monoisotopic (exact) mass is 488 g/mol. The van der Waals surface area contributed by atoms with E-state index in [0.717, 1.165) is 10.6 Å². The molecule has 0 fully saturated rings. The van der Waals surface area contributed by atoms with E-state index >= 15 is 0 Å². The molecule has 4 aromatic rings. The van der Waals surface area contributed by atoms with Crippen LogP contribution in [0.4, 0.5) is 10.7 Å². The molecule has 1 heterocycles. The fourth-order valence-corrected chi connectivity index (χ4v) is 4.67. The number of esters is 1. The molecular weight excluding hydrogens is 464 g/mol. The molecule has 4 rings (SSSR count). The van der Waals surface area contributed by atoms with Crippen molar-refractivity contribution in [2.75, 3.05) is 17.2 Å². The number of carbonyl (C=O) groups excluding carboxylic acids is 1. The van der Waals surface area contributed by atoms with Crippen molar-refractivity contribution >= 4 is 45.3 Å². The summed E-state index contributed by atoms with van der Waals surface area (Å²) in [6.07, 6.45) is 0.716. The van der Waals surface area contributed by atoms with Crippen LogP contribution in [0.2, 0.25) is 0 Å². The number of rotatable bonds is 8. The average molecular weight is 489 g/mol. The second-order valence-corrected chi connectivity index (χ2v) is 8.87. The molecule has 0 amide bonds. The normalized spacial score (nSPS) is 10.4. The summed E-state index contributed by atoms with van der Waals surface area (Å²) < 4.78 is 11.3. The molecule has 2 N–H and O–H groups in total. The maximum absolute atomic E-state index is 12.6. The lowest BCUT2D eigenvalue weighted by molar-refractivity contribution is 0.0528. The van der Waals surface area contributed by atoms with Crippen molar-refractivity contribution in [1.29, 1.82) is 0 Å². The minimum atomic E-state index is -0.379. The van der Waals surface area contributed by atoms with E-state index in [1.165, 1.54) is 16.9 Å². The third-order valence-corrected chi connectivity index (χ3v) is 6.09. The van der Waals surface area contributed by atoms with Crippen LogP contribution in [0.25, 0.3) is 0 Å². The number of benzene rings is 3. The van der Waals surface area contributed by atoms with Crippen LogP contribution in [-0.2, 0) is 11.2 Å². The highest BCUT2D eigenvalue weighted by Gasteiger charge is 2.19.